The van der Waals surface area contributed by atoms with Gasteiger partial charge < -0.3 is 24.5 Å². The topological polar surface area (TPSA) is 75.8 Å². The quantitative estimate of drug-likeness (QED) is 0.643. The number of carbonyl (C=O) groups is 1. The Morgan fingerprint density at radius 1 is 1.21 bits per heavy atom. The number of morpholine rings is 1. The summed E-state index contributed by atoms with van der Waals surface area (Å²) in [5.41, 5.74) is 3.30. The third kappa shape index (κ3) is 4.10. The summed E-state index contributed by atoms with van der Waals surface area (Å²) in [6, 6.07) is 7.43. The second-order valence-corrected chi connectivity index (χ2v) is 8.25. The van der Waals surface area contributed by atoms with Gasteiger partial charge in [-0.25, -0.2) is 0 Å². The molecule has 1 amide bonds. The number of benzene rings is 1. The van der Waals surface area contributed by atoms with Gasteiger partial charge in [0.1, 0.15) is 5.69 Å². The van der Waals surface area contributed by atoms with Crippen molar-refractivity contribution in [2.75, 3.05) is 45.8 Å². The first-order valence-corrected chi connectivity index (χ1v) is 10.3. The Labute approximate surface area is 173 Å². The van der Waals surface area contributed by atoms with Crippen LogP contribution < -0.4 is 14.8 Å². The fraction of sp³-hybridized carbons (Fsp3) is 0.381. The summed E-state index contributed by atoms with van der Waals surface area (Å²) in [6.07, 6.45) is 0. The molecular formula is C21H25N3O4S. The van der Waals surface area contributed by atoms with Crippen LogP contribution in [-0.2, 0) is 11.3 Å². The summed E-state index contributed by atoms with van der Waals surface area (Å²) in [5.74, 6) is 1.03. The molecule has 3 aromatic rings. The summed E-state index contributed by atoms with van der Waals surface area (Å²) in [5, 5.41) is 2.98. The second-order valence-electron chi connectivity index (χ2n) is 6.99. The predicted molar refractivity (Wildman–Crippen MR) is 115 cm³/mol. The number of hydrogen-bond donors (Lipinski definition) is 2. The van der Waals surface area contributed by atoms with Crippen LogP contribution in [0.2, 0.25) is 0 Å². The highest BCUT2D eigenvalue weighted by atomic mass is 32.1. The first-order chi connectivity index (χ1) is 14.1. The van der Waals surface area contributed by atoms with Crippen molar-refractivity contribution in [3.05, 3.63) is 40.4 Å². The molecule has 1 saturated heterocycles. The zero-order valence-electron chi connectivity index (χ0n) is 16.8. The Morgan fingerprint density at radius 2 is 1.97 bits per heavy atom. The van der Waals surface area contributed by atoms with Crippen LogP contribution in [0.1, 0.15) is 20.9 Å². The zero-order valence-corrected chi connectivity index (χ0v) is 17.6. The van der Waals surface area contributed by atoms with Crippen molar-refractivity contribution in [2.45, 2.75) is 13.5 Å². The van der Waals surface area contributed by atoms with Crippen LogP contribution in [0.3, 0.4) is 0 Å². The predicted octanol–water partition coefficient (Wildman–Crippen LogP) is 3.64. The highest BCUT2D eigenvalue weighted by molar-refractivity contribution is 7.19. The van der Waals surface area contributed by atoms with E-state index in [1.165, 1.54) is 4.88 Å². The molecular weight excluding hydrogens is 390 g/mol. The van der Waals surface area contributed by atoms with Crippen molar-refractivity contribution in [1.82, 2.24) is 9.88 Å². The van der Waals surface area contributed by atoms with Gasteiger partial charge in [0.25, 0.3) is 5.91 Å². The Hall–Kier alpha value is -2.55. The van der Waals surface area contributed by atoms with Crippen LogP contribution in [0.4, 0.5) is 5.69 Å². The van der Waals surface area contributed by atoms with E-state index >= 15 is 0 Å². The minimum atomic E-state index is -0.165. The number of aryl methyl sites for hydroxylation is 1. The number of carbonyl (C=O) groups excluding carboxylic acids is 1. The molecule has 0 atom stereocenters. The van der Waals surface area contributed by atoms with Crippen LogP contribution in [0.15, 0.2) is 24.3 Å². The number of nitrogens with zero attached hydrogens (tertiary/aromatic N) is 1. The average molecular weight is 416 g/mol. The van der Waals surface area contributed by atoms with Gasteiger partial charge in [0.2, 0.25) is 0 Å². The molecule has 0 bridgehead atoms. The van der Waals surface area contributed by atoms with E-state index in [9.17, 15) is 4.79 Å². The number of amides is 1. The molecule has 1 fully saturated rings. The lowest BCUT2D eigenvalue weighted by Crippen LogP contribution is -2.36. The number of nitrogens with one attached hydrogen (secondary N) is 2. The maximum absolute atomic E-state index is 13.1. The van der Waals surface area contributed by atoms with Crippen molar-refractivity contribution in [1.29, 1.82) is 0 Å². The van der Waals surface area contributed by atoms with Crippen molar-refractivity contribution in [3.8, 4) is 11.5 Å². The molecule has 0 unspecified atom stereocenters. The van der Waals surface area contributed by atoms with Gasteiger partial charge >= 0.3 is 0 Å². The molecule has 1 aliphatic heterocycles. The number of hydrogen-bond acceptors (Lipinski definition) is 6. The first kappa shape index (κ1) is 19.8. The highest BCUT2D eigenvalue weighted by Gasteiger charge is 2.23. The highest BCUT2D eigenvalue weighted by Crippen LogP contribution is 2.33. The third-order valence-electron chi connectivity index (χ3n) is 5.04. The van der Waals surface area contributed by atoms with E-state index in [2.05, 4.69) is 28.2 Å². The lowest BCUT2D eigenvalue weighted by atomic mass is 10.2. The zero-order chi connectivity index (χ0) is 20.4. The summed E-state index contributed by atoms with van der Waals surface area (Å²) in [4.78, 5) is 20.0. The maximum Gasteiger partial charge on any atom is 0.272 e. The summed E-state index contributed by atoms with van der Waals surface area (Å²) < 4.78 is 17.2. The van der Waals surface area contributed by atoms with E-state index < -0.39 is 0 Å². The van der Waals surface area contributed by atoms with Crippen molar-refractivity contribution in [3.63, 3.8) is 0 Å². The number of aromatic nitrogens is 1. The molecule has 1 aliphatic rings. The Bertz CT molecular complexity index is 1020. The van der Waals surface area contributed by atoms with Gasteiger partial charge in [-0.05, 0) is 25.1 Å². The Morgan fingerprint density at radius 3 is 2.69 bits per heavy atom. The smallest absolute Gasteiger partial charge is 0.272 e. The number of methoxy groups -OCH3 is 2. The van der Waals surface area contributed by atoms with Gasteiger partial charge in [0.15, 0.2) is 11.5 Å². The normalized spacial score (nSPS) is 14.9. The maximum atomic E-state index is 13.1. The van der Waals surface area contributed by atoms with E-state index in [1.807, 2.05) is 0 Å². The van der Waals surface area contributed by atoms with Crippen molar-refractivity contribution >= 4 is 33.1 Å². The Balaban J connectivity index is 1.63. The van der Waals surface area contributed by atoms with Crippen molar-refractivity contribution < 1.29 is 19.0 Å². The average Bonchev–Trinajstić information content (AvgIpc) is 3.25. The number of H-pyrrole nitrogens is 1. The molecule has 154 valence electrons. The molecule has 0 saturated carbocycles. The van der Waals surface area contributed by atoms with Crippen LogP contribution in [0.25, 0.3) is 10.2 Å². The molecule has 2 aromatic heterocycles. The Kier molecular flexibility index (Phi) is 5.75. The van der Waals surface area contributed by atoms with Crippen molar-refractivity contribution in [2.24, 2.45) is 0 Å². The fourth-order valence-corrected chi connectivity index (χ4v) is 4.60. The van der Waals surface area contributed by atoms with Gasteiger partial charge in [-0.15, -0.1) is 11.3 Å². The lowest BCUT2D eigenvalue weighted by Gasteiger charge is -2.26. The molecule has 0 spiro atoms. The van der Waals surface area contributed by atoms with E-state index in [4.69, 9.17) is 14.2 Å². The molecule has 0 radical (unpaired) electrons. The molecule has 4 rings (SSSR count). The molecule has 1 aromatic carbocycles. The second kappa shape index (κ2) is 8.44. The van der Waals surface area contributed by atoms with Gasteiger partial charge in [-0.1, -0.05) is 0 Å². The molecule has 29 heavy (non-hydrogen) atoms. The number of fused-ring (bicyclic) bond motifs is 1. The summed E-state index contributed by atoms with van der Waals surface area (Å²) in [7, 11) is 3.16. The first-order valence-electron chi connectivity index (χ1n) is 9.53. The van der Waals surface area contributed by atoms with Gasteiger partial charge in [-0.3, -0.25) is 9.69 Å². The van der Waals surface area contributed by atoms with Gasteiger partial charge in [0, 0.05) is 41.8 Å². The molecule has 7 nitrogen and oxygen atoms in total. The number of aromatic amines is 1. The van der Waals surface area contributed by atoms with E-state index in [-0.39, 0.29) is 5.91 Å². The summed E-state index contributed by atoms with van der Waals surface area (Å²) >= 11 is 1.72. The lowest BCUT2D eigenvalue weighted by molar-refractivity contribution is 0.0343. The van der Waals surface area contributed by atoms with Crippen LogP contribution >= 0.6 is 11.3 Å². The molecule has 3 heterocycles. The fourth-order valence-electron chi connectivity index (χ4n) is 3.59. The monoisotopic (exact) mass is 415 g/mol. The summed E-state index contributed by atoms with van der Waals surface area (Å²) in [6.45, 7) is 5.99. The third-order valence-corrected chi connectivity index (χ3v) is 6.15. The minimum Gasteiger partial charge on any atom is -0.493 e. The van der Waals surface area contributed by atoms with Gasteiger partial charge in [-0.2, -0.15) is 0 Å². The minimum absolute atomic E-state index is 0.165. The van der Waals surface area contributed by atoms with Gasteiger partial charge in [0.05, 0.1) is 37.6 Å². The number of thiophene rings is 1. The number of ether oxygens (including phenoxy) is 3. The molecule has 2 N–H and O–H groups in total. The van der Waals surface area contributed by atoms with E-state index in [0.29, 0.717) is 22.9 Å². The standard InChI is InChI=1S/C21H25N3O4S/c1-13-10-16-20(29-13)15(12-24-6-8-28-9-7-24)19(23-16)21(25)22-14-4-5-17(26-2)18(11-14)27-3/h4-5,10-11,23H,6-9,12H2,1-3H3,(H,22,25). The van der Waals surface area contributed by atoms with E-state index in [1.54, 1.807) is 43.8 Å². The number of anilines is 1. The van der Waals surface area contributed by atoms with Crippen LogP contribution in [0, 0.1) is 6.92 Å². The largest absolute Gasteiger partial charge is 0.493 e. The molecule has 8 heteroatoms. The molecule has 0 aliphatic carbocycles. The SMILES string of the molecule is COc1ccc(NC(=O)c2[nH]c3cc(C)sc3c2CN2CCOCC2)cc1OC. The number of rotatable bonds is 6. The van der Waals surface area contributed by atoms with Crippen LogP contribution in [0.5, 0.6) is 11.5 Å². The van der Waals surface area contributed by atoms with E-state index in [0.717, 1.165) is 48.6 Å². The van der Waals surface area contributed by atoms with Crippen LogP contribution in [-0.4, -0.2) is 56.3 Å².